The van der Waals surface area contributed by atoms with Crippen molar-refractivity contribution in [3.63, 3.8) is 0 Å². The van der Waals surface area contributed by atoms with Gasteiger partial charge in [0.1, 0.15) is 5.78 Å². The second kappa shape index (κ2) is 7.81. The molecular weight excluding hydrogens is 252 g/mol. The summed E-state index contributed by atoms with van der Waals surface area (Å²) < 4.78 is 4.75. The minimum atomic E-state index is -0.331. The van der Waals surface area contributed by atoms with Crippen LogP contribution >= 0.6 is 11.8 Å². The maximum atomic E-state index is 11.5. The minimum absolute atomic E-state index is 0.00170. The molecule has 1 aromatic rings. The second-order valence-corrected chi connectivity index (χ2v) is 4.56. The fraction of sp³-hybridized carbons (Fsp3) is 0.500. The molecule has 98 valence electrons. The van der Waals surface area contributed by atoms with Crippen LogP contribution in [0.15, 0.2) is 17.4 Å². The van der Waals surface area contributed by atoms with Gasteiger partial charge in [-0.2, -0.15) is 0 Å². The molecule has 0 bridgehead atoms. The van der Waals surface area contributed by atoms with Gasteiger partial charge < -0.3 is 4.74 Å². The molecule has 0 N–H and O–H groups in total. The van der Waals surface area contributed by atoms with E-state index in [1.807, 2.05) is 6.92 Å². The number of rotatable bonds is 7. The van der Waals surface area contributed by atoms with Crippen LogP contribution in [0.2, 0.25) is 0 Å². The number of carbonyl (C=O) groups is 2. The summed E-state index contributed by atoms with van der Waals surface area (Å²) in [5, 5.41) is 0.583. The lowest BCUT2D eigenvalue weighted by atomic mass is 10.2. The maximum absolute atomic E-state index is 11.5. The Balaban J connectivity index is 2.27. The Morgan fingerprint density at radius 3 is 2.83 bits per heavy atom. The Labute approximate surface area is 110 Å². The lowest BCUT2D eigenvalue weighted by Gasteiger charge is -2.02. The Bertz CT molecular complexity index is 424. The molecular formula is C12H16N2O3S. The van der Waals surface area contributed by atoms with Crippen molar-refractivity contribution < 1.29 is 14.3 Å². The van der Waals surface area contributed by atoms with E-state index in [1.54, 1.807) is 19.2 Å². The number of hydrogen-bond acceptors (Lipinski definition) is 6. The molecule has 0 aliphatic rings. The average molecular weight is 268 g/mol. The lowest BCUT2D eigenvalue weighted by Crippen LogP contribution is -2.09. The zero-order chi connectivity index (χ0) is 13.4. The molecule has 18 heavy (non-hydrogen) atoms. The minimum Gasteiger partial charge on any atom is -0.466 e. The molecule has 0 saturated carbocycles. The van der Waals surface area contributed by atoms with Gasteiger partial charge in [-0.25, -0.2) is 9.97 Å². The highest BCUT2D eigenvalue weighted by atomic mass is 32.2. The molecule has 1 aromatic heterocycles. The van der Waals surface area contributed by atoms with E-state index in [1.165, 1.54) is 11.8 Å². The molecule has 0 saturated heterocycles. The fourth-order valence-electron chi connectivity index (χ4n) is 1.19. The van der Waals surface area contributed by atoms with Crippen molar-refractivity contribution in [2.75, 3.05) is 12.4 Å². The summed E-state index contributed by atoms with van der Waals surface area (Å²) in [6.45, 7) is 3.96. The van der Waals surface area contributed by atoms with Crippen LogP contribution in [0.1, 0.15) is 25.5 Å². The zero-order valence-electron chi connectivity index (χ0n) is 10.5. The largest absolute Gasteiger partial charge is 0.466 e. The molecule has 0 radical (unpaired) electrons. The Morgan fingerprint density at radius 2 is 2.17 bits per heavy atom. The molecule has 0 atom stereocenters. The summed E-state index contributed by atoms with van der Waals surface area (Å²) in [5.74, 6) is -0.0520. The molecule has 6 heteroatoms. The van der Waals surface area contributed by atoms with Gasteiger partial charge in [-0.15, -0.1) is 0 Å². The molecule has 1 rings (SSSR count). The van der Waals surface area contributed by atoms with Gasteiger partial charge >= 0.3 is 5.97 Å². The Morgan fingerprint density at radius 1 is 1.39 bits per heavy atom. The van der Waals surface area contributed by atoms with Gasteiger partial charge in [-0.1, -0.05) is 11.8 Å². The van der Waals surface area contributed by atoms with Crippen LogP contribution in [0.4, 0.5) is 0 Å². The highest BCUT2D eigenvalue weighted by molar-refractivity contribution is 7.99. The first-order chi connectivity index (χ1) is 8.61. The molecule has 0 aliphatic heterocycles. The monoisotopic (exact) mass is 268 g/mol. The van der Waals surface area contributed by atoms with Crippen molar-refractivity contribution in [1.29, 1.82) is 0 Å². The lowest BCUT2D eigenvalue weighted by molar-refractivity contribution is -0.144. The summed E-state index contributed by atoms with van der Waals surface area (Å²) in [6, 6.07) is 1.80. The third kappa shape index (κ3) is 5.77. The van der Waals surface area contributed by atoms with Crippen LogP contribution in [-0.4, -0.2) is 34.1 Å². The van der Waals surface area contributed by atoms with E-state index < -0.39 is 0 Å². The van der Waals surface area contributed by atoms with Crippen molar-refractivity contribution in [3.8, 4) is 0 Å². The highest BCUT2D eigenvalue weighted by Gasteiger charge is 2.09. The van der Waals surface area contributed by atoms with E-state index in [0.29, 0.717) is 11.8 Å². The number of ketones is 1. The number of carbonyl (C=O) groups excluding carboxylic acids is 2. The van der Waals surface area contributed by atoms with Crippen LogP contribution in [-0.2, 0) is 14.3 Å². The zero-order valence-corrected chi connectivity index (χ0v) is 11.3. The van der Waals surface area contributed by atoms with E-state index in [-0.39, 0.29) is 30.3 Å². The SMILES string of the molecule is CCOC(=O)CCC(=O)CSc1nccc(C)n1. The average Bonchev–Trinajstić information content (AvgIpc) is 2.34. The van der Waals surface area contributed by atoms with Crippen molar-refractivity contribution in [1.82, 2.24) is 9.97 Å². The van der Waals surface area contributed by atoms with Gasteiger partial charge in [-0.05, 0) is 19.9 Å². The third-order valence-corrected chi connectivity index (χ3v) is 2.97. The van der Waals surface area contributed by atoms with Crippen LogP contribution < -0.4 is 0 Å². The number of aromatic nitrogens is 2. The first-order valence-corrected chi connectivity index (χ1v) is 6.70. The van der Waals surface area contributed by atoms with E-state index in [2.05, 4.69) is 9.97 Å². The standard InChI is InChI=1S/C12H16N2O3S/c1-3-17-11(16)5-4-10(15)8-18-12-13-7-6-9(2)14-12/h6-7H,3-5,8H2,1-2H3. The van der Waals surface area contributed by atoms with E-state index >= 15 is 0 Å². The van der Waals surface area contributed by atoms with E-state index in [9.17, 15) is 9.59 Å². The van der Waals surface area contributed by atoms with Crippen LogP contribution in [0.3, 0.4) is 0 Å². The predicted molar refractivity (Wildman–Crippen MR) is 68.4 cm³/mol. The van der Waals surface area contributed by atoms with Crippen LogP contribution in [0, 0.1) is 6.92 Å². The van der Waals surface area contributed by atoms with E-state index in [0.717, 1.165) is 5.69 Å². The van der Waals surface area contributed by atoms with Crippen molar-refractivity contribution >= 4 is 23.5 Å². The number of aryl methyl sites for hydroxylation is 1. The summed E-state index contributed by atoms with van der Waals surface area (Å²) in [5.41, 5.74) is 0.867. The van der Waals surface area contributed by atoms with Crippen LogP contribution in [0.25, 0.3) is 0 Å². The number of hydrogen-bond donors (Lipinski definition) is 0. The van der Waals surface area contributed by atoms with Crippen molar-refractivity contribution in [2.45, 2.75) is 31.8 Å². The summed E-state index contributed by atoms with van der Waals surface area (Å²) >= 11 is 1.28. The van der Waals surface area contributed by atoms with Gasteiger partial charge in [0, 0.05) is 18.3 Å². The predicted octanol–water partition coefficient (Wildman–Crippen LogP) is 1.79. The number of esters is 1. The first kappa shape index (κ1) is 14.6. The Kier molecular flexibility index (Phi) is 6.35. The maximum Gasteiger partial charge on any atom is 0.306 e. The first-order valence-electron chi connectivity index (χ1n) is 5.71. The topological polar surface area (TPSA) is 69.2 Å². The van der Waals surface area contributed by atoms with Crippen molar-refractivity contribution in [3.05, 3.63) is 18.0 Å². The number of thioether (sulfide) groups is 1. The van der Waals surface area contributed by atoms with Gasteiger partial charge in [0.25, 0.3) is 0 Å². The fourth-order valence-corrected chi connectivity index (χ4v) is 1.97. The molecule has 0 amide bonds. The number of nitrogens with zero attached hydrogens (tertiary/aromatic N) is 2. The molecule has 0 spiro atoms. The quantitative estimate of drug-likeness (QED) is 0.426. The summed E-state index contributed by atoms with van der Waals surface area (Å²) in [7, 11) is 0. The molecule has 0 aromatic carbocycles. The van der Waals surface area contributed by atoms with Gasteiger partial charge in [0.2, 0.25) is 0 Å². The van der Waals surface area contributed by atoms with Crippen LogP contribution in [0.5, 0.6) is 0 Å². The van der Waals surface area contributed by atoms with Gasteiger partial charge in [0.05, 0.1) is 18.8 Å². The Hall–Kier alpha value is -1.43. The molecule has 5 nitrogen and oxygen atoms in total. The number of ether oxygens (including phenoxy) is 1. The molecule has 0 unspecified atom stereocenters. The van der Waals surface area contributed by atoms with E-state index in [4.69, 9.17) is 4.74 Å². The highest BCUT2D eigenvalue weighted by Crippen LogP contribution is 2.13. The third-order valence-electron chi connectivity index (χ3n) is 2.05. The molecule has 0 aliphatic carbocycles. The summed E-state index contributed by atoms with van der Waals surface area (Å²) in [6.07, 6.45) is 2.01. The van der Waals surface area contributed by atoms with Gasteiger partial charge in [-0.3, -0.25) is 9.59 Å². The smallest absolute Gasteiger partial charge is 0.306 e. The van der Waals surface area contributed by atoms with Crippen molar-refractivity contribution in [2.24, 2.45) is 0 Å². The summed E-state index contributed by atoms with van der Waals surface area (Å²) in [4.78, 5) is 30.8. The van der Waals surface area contributed by atoms with Gasteiger partial charge in [0.15, 0.2) is 5.16 Å². The number of Topliss-reactive ketones (excluding diaryl/α,β-unsaturated/α-hetero) is 1. The second-order valence-electron chi connectivity index (χ2n) is 3.61. The normalized spacial score (nSPS) is 10.1. The molecule has 0 fully saturated rings. The molecule has 1 heterocycles.